The van der Waals surface area contributed by atoms with Crippen molar-refractivity contribution in [1.29, 1.82) is 0 Å². The summed E-state index contributed by atoms with van der Waals surface area (Å²) in [6, 6.07) is 9.25. The second-order valence-corrected chi connectivity index (χ2v) is 13.8. The van der Waals surface area contributed by atoms with Crippen molar-refractivity contribution in [3.63, 3.8) is 0 Å². The Kier molecular flexibility index (Phi) is 5.87. The summed E-state index contributed by atoms with van der Waals surface area (Å²) in [7, 11) is -1.14. The van der Waals surface area contributed by atoms with E-state index in [-0.39, 0.29) is 0 Å². The molecule has 19 heavy (non-hydrogen) atoms. The van der Waals surface area contributed by atoms with Crippen LogP contribution in [0, 0.1) is 0 Å². The zero-order valence-corrected chi connectivity index (χ0v) is 14.9. The summed E-state index contributed by atoms with van der Waals surface area (Å²) in [5, 5.41) is 5.96. The van der Waals surface area contributed by atoms with Crippen LogP contribution in [0.1, 0.15) is 5.56 Å². The smallest absolute Gasteiger partial charge is 0.0775 e. The maximum atomic E-state index is 3.61. The van der Waals surface area contributed by atoms with Gasteiger partial charge in [-0.15, -0.1) is 0 Å². The SMILES string of the molecule is C[Si](C)(C)c1ccc(CNCC2CSCCS2)cc1. The van der Waals surface area contributed by atoms with Crippen molar-refractivity contribution in [3.05, 3.63) is 29.8 Å². The molecule has 1 aromatic carbocycles. The molecule has 0 aromatic heterocycles. The zero-order chi connectivity index (χ0) is 13.7. The van der Waals surface area contributed by atoms with E-state index in [2.05, 4.69) is 72.7 Å². The Labute approximate surface area is 127 Å². The monoisotopic (exact) mass is 311 g/mol. The van der Waals surface area contributed by atoms with Crippen LogP contribution in [0.5, 0.6) is 0 Å². The lowest BCUT2D eigenvalue weighted by molar-refractivity contribution is 0.686. The molecule has 1 nitrogen and oxygen atoms in total. The van der Waals surface area contributed by atoms with E-state index in [1.54, 1.807) is 5.19 Å². The molecule has 0 spiro atoms. The molecule has 1 saturated heterocycles. The van der Waals surface area contributed by atoms with Crippen LogP contribution >= 0.6 is 23.5 Å². The van der Waals surface area contributed by atoms with Gasteiger partial charge in [0.1, 0.15) is 0 Å². The van der Waals surface area contributed by atoms with E-state index in [0.29, 0.717) is 0 Å². The lowest BCUT2D eigenvalue weighted by atomic mass is 10.2. The number of benzene rings is 1. The van der Waals surface area contributed by atoms with Crippen molar-refractivity contribution in [3.8, 4) is 0 Å². The lowest BCUT2D eigenvalue weighted by Crippen LogP contribution is -2.37. The third-order valence-corrected chi connectivity index (χ3v) is 8.32. The molecule has 0 amide bonds. The first-order chi connectivity index (χ1) is 9.05. The zero-order valence-electron chi connectivity index (χ0n) is 12.2. The lowest BCUT2D eigenvalue weighted by Gasteiger charge is -2.21. The van der Waals surface area contributed by atoms with E-state index in [1.165, 1.54) is 22.8 Å². The van der Waals surface area contributed by atoms with Crippen LogP contribution in [0.2, 0.25) is 19.6 Å². The number of hydrogen-bond donors (Lipinski definition) is 1. The van der Waals surface area contributed by atoms with Crippen LogP contribution in [0.4, 0.5) is 0 Å². The average molecular weight is 312 g/mol. The number of hydrogen-bond acceptors (Lipinski definition) is 3. The molecular weight excluding hydrogens is 286 g/mol. The minimum atomic E-state index is -1.14. The van der Waals surface area contributed by atoms with Gasteiger partial charge in [0.2, 0.25) is 0 Å². The molecule has 1 heterocycles. The highest BCUT2D eigenvalue weighted by atomic mass is 32.2. The van der Waals surface area contributed by atoms with E-state index in [1.807, 2.05) is 0 Å². The first-order valence-corrected chi connectivity index (χ1v) is 12.8. The number of thioether (sulfide) groups is 2. The number of rotatable bonds is 5. The van der Waals surface area contributed by atoms with Crippen LogP contribution < -0.4 is 10.5 Å². The van der Waals surface area contributed by atoms with Gasteiger partial charge in [0.15, 0.2) is 0 Å². The molecule has 2 rings (SSSR count). The summed E-state index contributed by atoms with van der Waals surface area (Å²) in [6.07, 6.45) is 0. The van der Waals surface area contributed by atoms with Gasteiger partial charge in [-0.25, -0.2) is 0 Å². The highest BCUT2D eigenvalue weighted by Crippen LogP contribution is 2.23. The van der Waals surface area contributed by atoms with Gasteiger partial charge >= 0.3 is 0 Å². The van der Waals surface area contributed by atoms with Gasteiger partial charge in [0, 0.05) is 35.6 Å². The summed E-state index contributed by atoms with van der Waals surface area (Å²) in [5.41, 5.74) is 1.41. The Morgan fingerprint density at radius 1 is 1.16 bits per heavy atom. The van der Waals surface area contributed by atoms with Crippen molar-refractivity contribution in [2.24, 2.45) is 0 Å². The highest BCUT2D eigenvalue weighted by molar-refractivity contribution is 8.06. The van der Waals surface area contributed by atoms with E-state index in [4.69, 9.17) is 0 Å². The summed E-state index contributed by atoms with van der Waals surface area (Å²) in [4.78, 5) is 0. The standard InChI is InChI=1S/C15H25NS2Si/c1-19(2,3)15-6-4-13(5-7-15)10-16-11-14-12-17-8-9-18-14/h4-7,14,16H,8-12H2,1-3H3. The molecule has 1 aliphatic heterocycles. The predicted octanol–water partition coefficient (Wildman–Crippen LogP) is 3.17. The molecule has 0 saturated carbocycles. The Bertz CT molecular complexity index is 380. The Balaban J connectivity index is 1.76. The molecule has 106 valence electrons. The van der Waals surface area contributed by atoms with Crippen molar-refractivity contribution in [2.45, 2.75) is 31.4 Å². The van der Waals surface area contributed by atoms with Crippen molar-refractivity contribution < 1.29 is 0 Å². The maximum Gasteiger partial charge on any atom is 0.0775 e. The summed E-state index contributed by atoms with van der Waals surface area (Å²) in [6.45, 7) is 9.36. The summed E-state index contributed by atoms with van der Waals surface area (Å²) in [5.74, 6) is 3.97. The van der Waals surface area contributed by atoms with E-state index >= 15 is 0 Å². The second-order valence-electron chi connectivity index (χ2n) is 6.15. The summed E-state index contributed by atoms with van der Waals surface area (Å²) < 4.78 is 0. The van der Waals surface area contributed by atoms with E-state index in [0.717, 1.165) is 18.3 Å². The van der Waals surface area contributed by atoms with Crippen LogP contribution in [-0.4, -0.2) is 37.1 Å². The Morgan fingerprint density at radius 3 is 2.47 bits per heavy atom. The average Bonchev–Trinajstić information content (AvgIpc) is 2.39. The molecule has 1 atom stereocenters. The fraction of sp³-hybridized carbons (Fsp3) is 0.600. The molecule has 0 aliphatic carbocycles. The molecule has 1 unspecified atom stereocenters. The third kappa shape index (κ3) is 5.18. The van der Waals surface area contributed by atoms with Crippen LogP contribution in [0.15, 0.2) is 24.3 Å². The van der Waals surface area contributed by atoms with E-state index in [9.17, 15) is 0 Å². The van der Waals surface area contributed by atoms with E-state index < -0.39 is 8.07 Å². The van der Waals surface area contributed by atoms with Crippen LogP contribution in [0.25, 0.3) is 0 Å². The minimum absolute atomic E-state index is 0.806. The van der Waals surface area contributed by atoms with Gasteiger partial charge in [-0.2, -0.15) is 23.5 Å². The van der Waals surface area contributed by atoms with Crippen molar-refractivity contribution >= 4 is 36.8 Å². The Hall–Kier alpha value is 0.0969. The molecule has 1 fully saturated rings. The van der Waals surface area contributed by atoms with Gasteiger partial charge in [0.05, 0.1) is 8.07 Å². The van der Waals surface area contributed by atoms with Gasteiger partial charge in [0.25, 0.3) is 0 Å². The fourth-order valence-corrected chi connectivity index (χ4v) is 5.97. The molecule has 1 N–H and O–H groups in total. The van der Waals surface area contributed by atoms with Crippen molar-refractivity contribution in [1.82, 2.24) is 5.32 Å². The van der Waals surface area contributed by atoms with Gasteiger partial charge in [-0.1, -0.05) is 49.1 Å². The third-order valence-electron chi connectivity index (χ3n) is 3.41. The summed E-state index contributed by atoms with van der Waals surface area (Å²) >= 11 is 4.22. The molecule has 1 aromatic rings. The van der Waals surface area contributed by atoms with Gasteiger partial charge in [-0.3, -0.25) is 0 Å². The molecular formula is C15H25NS2Si. The molecule has 0 bridgehead atoms. The largest absolute Gasteiger partial charge is 0.312 e. The first kappa shape index (κ1) is 15.5. The quantitative estimate of drug-likeness (QED) is 0.839. The van der Waals surface area contributed by atoms with Crippen LogP contribution in [0.3, 0.4) is 0 Å². The topological polar surface area (TPSA) is 12.0 Å². The normalized spacial score (nSPS) is 20.5. The van der Waals surface area contributed by atoms with Crippen LogP contribution in [-0.2, 0) is 6.54 Å². The van der Waals surface area contributed by atoms with Gasteiger partial charge < -0.3 is 5.32 Å². The second kappa shape index (κ2) is 7.20. The highest BCUT2D eigenvalue weighted by Gasteiger charge is 2.16. The number of nitrogens with one attached hydrogen (secondary N) is 1. The molecule has 4 heteroatoms. The maximum absolute atomic E-state index is 3.61. The fourth-order valence-electron chi connectivity index (χ4n) is 2.15. The molecule has 1 aliphatic rings. The Morgan fingerprint density at radius 2 is 1.89 bits per heavy atom. The van der Waals surface area contributed by atoms with Gasteiger partial charge in [-0.05, 0) is 5.56 Å². The minimum Gasteiger partial charge on any atom is -0.312 e. The van der Waals surface area contributed by atoms with Crippen molar-refractivity contribution in [2.75, 3.05) is 23.8 Å². The predicted molar refractivity (Wildman–Crippen MR) is 94.7 cm³/mol. The first-order valence-electron chi connectivity index (χ1n) is 7.05. The molecule has 0 radical (unpaired) electrons.